The van der Waals surface area contributed by atoms with E-state index in [1.807, 2.05) is 36.5 Å². The summed E-state index contributed by atoms with van der Waals surface area (Å²) in [6, 6.07) is 39.8. The molecule has 3 heterocycles. The molecule has 37 heavy (non-hydrogen) atoms. The predicted molar refractivity (Wildman–Crippen MR) is 153 cm³/mol. The van der Waals surface area contributed by atoms with Crippen molar-refractivity contribution < 1.29 is 4.42 Å². The zero-order valence-corrected chi connectivity index (χ0v) is 19.8. The van der Waals surface area contributed by atoms with Crippen molar-refractivity contribution in [3.8, 4) is 22.4 Å². The van der Waals surface area contributed by atoms with Crippen molar-refractivity contribution >= 4 is 54.5 Å². The third-order valence-corrected chi connectivity index (χ3v) is 7.26. The normalized spacial score (nSPS) is 11.8. The molecule has 0 spiro atoms. The molecule has 0 unspecified atom stereocenters. The minimum absolute atomic E-state index is 0.876. The summed E-state index contributed by atoms with van der Waals surface area (Å²) in [5.41, 5.74) is 7.81. The average molecular weight is 473 g/mol. The minimum atomic E-state index is 0.876. The second kappa shape index (κ2) is 7.74. The number of pyridine rings is 2. The molecule has 0 aliphatic heterocycles. The van der Waals surface area contributed by atoms with Gasteiger partial charge in [0.05, 0.1) is 16.7 Å². The molecule has 5 aromatic carbocycles. The first kappa shape index (κ1) is 20.2. The summed E-state index contributed by atoms with van der Waals surface area (Å²) in [5, 5.41) is 6.72. The minimum Gasteiger partial charge on any atom is -0.455 e. The van der Waals surface area contributed by atoms with E-state index in [2.05, 4.69) is 84.9 Å². The van der Waals surface area contributed by atoms with Crippen LogP contribution in [0.3, 0.4) is 0 Å². The van der Waals surface area contributed by atoms with Gasteiger partial charge in [-0.2, -0.15) is 0 Å². The van der Waals surface area contributed by atoms with Crippen molar-refractivity contribution in [3.05, 3.63) is 121 Å². The molecule has 3 aromatic heterocycles. The number of benzene rings is 5. The number of aromatic nitrogens is 2. The molecular weight excluding hydrogens is 452 g/mol. The third kappa shape index (κ3) is 3.01. The lowest BCUT2D eigenvalue weighted by molar-refractivity contribution is 0.670. The largest absolute Gasteiger partial charge is 0.455 e. The van der Waals surface area contributed by atoms with Crippen LogP contribution in [0.2, 0.25) is 0 Å². The van der Waals surface area contributed by atoms with Crippen LogP contribution < -0.4 is 0 Å². The highest BCUT2D eigenvalue weighted by atomic mass is 16.3. The predicted octanol–water partition coefficient (Wildman–Crippen LogP) is 9.17. The molecule has 0 saturated carbocycles. The molecule has 0 amide bonds. The van der Waals surface area contributed by atoms with Crippen LogP contribution >= 0.6 is 0 Å². The van der Waals surface area contributed by atoms with Crippen molar-refractivity contribution in [3.63, 3.8) is 0 Å². The molecule has 0 N–H and O–H groups in total. The Morgan fingerprint density at radius 3 is 2.16 bits per heavy atom. The number of rotatable bonds is 2. The number of furan rings is 1. The fourth-order valence-electron chi connectivity index (χ4n) is 5.58. The topological polar surface area (TPSA) is 38.9 Å². The first-order valence-electron chi connectivity index (χ1n) is 12.4. The van der Waals surface area contributed by atoms with Crippen LogP contribution in [0.1, 0.15) is 0 Å². The molecule has 0 bridgehead atoms. The van der Waals surface area contributed by atoms with Gasteiger partial charge >= 0.3 is 0 Å². The first-order chi connectivity index (χ1) is 18.3. The molecule has 0 aliphatic carbocycles. The first-order valence-corrected chi connectivity index (χ1v) is 12.4. The number of hydrogen-bond donors (Lipinski definition) is 0. The monoisotopic (exact) mass is 472 g/mol. The standard InChI is InChI=1S/C34H20N2O/c1-2-10-21(11-3-1)33-27-19-26(23-18-22-12-4-7-15-28(22)35-20-23)34-32(25-14-6-9-17-30(25)37-34)31(27)24-13-5-8-16-29(24)36-33/h1-20H. The van der Waals surface area contributed by atoms with Crippen molar-refractivity contribution in [2.75, 3.05) is 0 Å². The summed E-state index contributed by atoms with van der Waals surface area (Å²) >= 11 is 0. The molecule has 3 nitrogen and oxygen atoms in total. The van der Waals surface area contributed by atoms with E-state index in [1.54, 1.807) is 0 Å². The molecule has 8 aromatic rings. The molecular formula is C34H20N2O. The van der Waals surface area contributed by atoms with Crippen LogP contribution in [0.25, 0.3) is 76.9 Å². The SMILES string of the molecule is c1ccc(-c2nc3ccccc3c3c2cc(-c2cnc4ccccc4c2)c2oc4ccccc4c23)cc1. The second-order valence-corrected chi connectivity index (χ2v) is 9.41. The molecule has 8 rings (SSSR count). The van der Waals surface area contributed by atoms with Crippen molar-refractivity contribution in [1.29, 1.82) is 0 Å². The van der Waals surface area contributed by atoms with E-state index in [9.17, 15) is 0 Å². The number of fused-ring (bicyclic) bond motifs is 8. The number of para-hydroxylation sites is 3. The molecule has 0 radical (unpaired) electrons. The van der Waals surface area contributed by atoms with Gasteiger partial charge in [-0.25, -0.2) is 4.98 Å². The zero-order valence-electron chi connectivity index (χ0n) is 19.8. The number of hydrogen-bond acceptors (Lipinski definition) is 3. The highest BCUT2D eigenvalue weighted by Gasteiger charge is 2.21. The summed E-state index contributed by atoms with van der Waals surface area (Å²) in [4.78, 5) is 9.95. The molecule has 172 valence electrons. The van der Waals surface area contributed by atoms with E-state index >= 15 is 0 Å². The summed E-state index contributed by atoms with van der Waals surface area (Å²) in [6.07, 6.45) is 1.95. The Hall–Kier alpha value is -5.02. The fraction of sp³-hybridized carbons (Fsp3) is 0. The molecule has 0 fully saturated rings. The highest BCUT2D eigenvalue weighted by Crippen LogP contribution is 2.45. The maximum atomic E-state index is 6.60. The average Bonchev–Trinajstić information content (AvgIpc) is 3.36. The molecule has 0 saturated heterocycles. The Bertz CT molecular complexity index is 2140. The van der Waals surface area contributed by atoms with Crippen LogP contribution in [-0.4, -0.2) is 9.97 Å². The van der Waals surface area contributed by atoms with Crippen molar-refractivity contribution in [2.24, 2.45) is 0 Å². The summed E-state index contributed by atoms with van der Waals surface area (Å²) in [7, 11) is 0. The Morgan fingerprint density at radius 2 is 1.27 bits per heavy atom. The maximum Gasteiger partial charge on any atom is 0.143 e. The molecule has 0 atom stereocenters. The molecule has 3 heteroatoms. The van der Waals surface area contributed by atoms with Crippen molar-refractivity contribution in [1.82, 2.24) is 9.97 Å². The van der Waals surface area contributed by atoms with E-state index in [0.29, 0.717) is 0 Å². The van der Waals surface area contributed by atoms with E-state index in [0.717, 1.165) is 71.5 Å². The van der Waals surface area contributed by atoms with Crippen LogP contribution in [0.15, 0.2) is 126 Å². The van der Waals surface area contributed by atoms with Gasteiger partial charge in [0.25, 0.3) is 0 Å². The van der Waals surface area contributed by atoms with Gasteiger partial charge in [0.1, 0.15) is 11.2 Å². The van der Waals surface area contributed by atoms with Crippen LogP contribution in [0, 0.1) is 0 Å². The lowest BCUT2D eigenvalue weighted by atomic mass is 9.92. The Kier molecular flexibility index (Phi) is 4.23. The van der Waals surface area contributed by atoms with Gasteiger partial charge in [-0.15, -0.1) is 0 Å². The molecule has 0 aliphatic rings. The Balaban J connectivity index is 1.62. The van der Waals surface area contributed by atoms with Gasteiger partial charge in [-0.1, -0.05) is 84.9 Å². The van der Waals surface area contributed by atoms with E-state index in [4.69, 9.17) is 14.4 Å². The zero-order chi connectivity index (χ0) is 24.3. The summed E-state index contributed by atoms with van der Waals surface area (Å²) in [5.74, 6) is 0. The van der Waals surface area contributed by atoms with Gasteiger partial charge in [0, 0.05) is 55.2 Å². The number of nitrogens with zero attached hydrogens (tertiary/aromatic N) is 2. The summed E-state index contributed by atoms with van der Waals surface area (Å²) in [6.45, 7) is 0. The van der Waals surface area contributed by atoms with Gasteiger partial charge in [-0.05, 0) is 30.3 Å². The lowest BCUT2D eigenvalue weighted by Crippen LogP contribution is -1.92. The fourth-order valence-corrected chi connectivity index (χ4v) is 5.58. The summed E-state index contributed by atoms with van der Waals surface area (Å²) < 4.78 is 6.60. The van der Waals surface area contributed by atoms with Crippen LogP contribution in [0.4, 0.5) is 0 Å². The van der Waals surface area contributed by atoms with E-state index in [1.165, 1.54) is 5.39 Å². The van der Waals surface area contributed by atoms with E-state index in [-0.39, 0.29) is 0 Å². The maximum absolute atomic E-state index is 6.60. The van der Waals surface area contributed by atoms with Crippen LogP contribution in [0.5, 0.6) is 0 Å². The van der Waals surface area contributed by atoms with E-state index < -0.39 is 0 Å². The van der Waals surface area contributed by atoms with Gasteiger partial charge in [0.2, 0.25) is 0 Å². The lowest BCUT2D eigenvalue weighted by Gasteiger charge is -2.14. The van der Waals surface area contributed by atoms with Crippen molar-refractivity contribution in [2.45, 2.75) is 0 Å². The Labute approximate surface area is 212 Å². The Morgan fingerprint density at radius 1 is 0.541 bits per heavy atom. The highest BCUT2D eigenvalue weighted by molar-refractivity contribution is 6.30. The van der Waals surface area contributed by atoms with Crippen LogP contribution in [-0.2, 0) is 0 Å². The van der Waals surface area contributed by atoms with Gasteiger partial charge in [0.15, 0.2) is 0 Å². The third-order valence-electron chi connectivity index (χ3n) is 7.26. The second-order valence-electron chi connectivity index (χ2n) is 9.41. The quantitative estimate of drug-likeness (QED) is 0.235. The van der Waals surface area contributed by atoms with Gasteiger partial charge < -0.3 is 4.42 Å². The van der Waals surface area contributed by atoms with Gasteiger partial charge in [-0.3, -0.25) is 4.98 Å². The smallest absolute Gasteiger partial charge is 0.143 e.